The maximum Gasteiger partial charge on any atom is 0.0570 e. The summed E-state index contributed by atoms with van der Waals surface area (Å²) < 4.78 is 5.31. The Morgan fingerprint density at radius 2 is 1.53 bits per heavy atom. The van der Waals surface area contributed by atoms with Crippen LogP contribution in [-0.2, 0) is 4.74 Å². The summed E-state index contributed by atoms with van der Waals surface area (Å²) in [5.74, 6) is 0. The first-order valence-corrected chi connectivity index (χ1v) is 7.12. The maximum absolute atomic E-state index is 8.28. The van der Waals surface area contributed by atoms with Gasteiger partial charge in [0.2, 0.25) is 0 Å². The van der Waals surface area contributed by atoms with Gasteiger partial charge in [0.25, 0.3) is 0 Å². The summed E-state index contributed by atoms with van der Waals surface area (Å²) in [4.78, 5) is 0. The Bertz CT molecular complexity index is 167. The lowest BCUT2D eigenvalue weighted by Crippen LogP contribution is -2.03. The summed E-state index contributed by atoms with van der Waals surface area (Å²) >= 11 is 0. The highest BCUT2D eigenvalue weighted by atomic mass is 16.5. The molecule has 0 heterocycles. The minimum Gasteiger partial charge on any atom is -0.411 e. The van der Waals surface area contributed by atoms with Crippen molar-refractivity contribution in [3.05, 3.63) is 0 Å². The first kappa shape index (κ1) is 16.4. The quantitative estimate of drug-likeness (QED) is 0.427. The highest BCUT2D eigenvalue weighted by molar-refractivity contribution is 5.84. The van der Waals surface area contributed by atoms with E-state index in [1.54, 1.807) is 0 Å². The number of rotatable bonds is 6. The molecule has 0 amide bonds. The zero-order valence-corrected chi connectivity index (χ0v) is 11.6. The molecule has 0 aromatic rings. The van der Waals surface area contributed by atoms with Crippen LogP contribution < -0.4 is 0 Å². The zero-order chi connectivity index (χ0) is 12.8. The van der Waals surface area contributed by atoms with Gasteiger partial charge in [0.15, 0.2) is 0 Å². The third-order valence-electron chi connectivity index (χ3n) is 2.86. The van der Waals surface area contributed by atoms with E-state index in [2.05, 4.69) is 19.0 Å². The molecule has 1 N–H and O–H groups in total. The van der Waals surface area contributed by atoms with Crippen LogP contribution in [0.3, 0.4) is 0 Å². The van der Waals surface area contributed by atoms with Crippen LogP contribution in [0.2, 0.25) is 0 Å². The monoisotopic (exact) mass is 243 g/mol. The number of hydrogen-bond donors (Lipinski definition) is 1. The maximum atomic E-state index is 8.28. The van der Waals surface area contributed by atoms with Gasteiger partial charge in [-0.05, 0) is 38.5 Å². The van der Waals surface area contributed by atoms with Crippen molar-refractivity contribution < 1.29 is 9.94 Å². The average molecular weight is 243 g/mol. The van der Waals surface area contributed by atoms with Crippen molar-refractivity contribution in [3.63, 3.8) is 0 Å². The minimum absolute atomic E-state index is 0.955. The van der Waals surface area contributed by atoms with Gasteiger partial charge < -0.3 is 9.94 Å². The van der Waals surface area contributed by atoms with Gasteiger partial charge in [0, 0.05) is 13.2 Å². The van der Waals surface area contributed by atoms with Gasteiger partial charge in [-0.3, -0.25) is 0 Å². The second-order valence-corrected chi connectivity index (χ2v) is 4.55. The molecule has 3 heteroatoms. The van der Waals surface area contributed by atoms with Crippen molar-refractivity contribution in [1.29, 1.82) is 0 Å². The van der Waals surface area contributed by atoms with Gasteiger partial charge in [-0.2, -0.15) is 0 Å². The number of oxime groups is 1. The molecule has 1 aliphatic carbocycles. The standard InChI is InChI=1S/C8H18O.C6H11NO/c1-3-5-7-9-8-6-4-2;8-7-6-4-2-1-3-5-6/h3-8H2,1-2H3;8H,1-5H2. The Morgan fingerprint density at radius 3 is 1.88 bits per heavy atom. The normalized spacial score (nSPS) is 15.1. The molecule has 1 aliphatic rings. The largest absolute Gasteiger partial charge is 0.411 e. The van der Waals surface area contributed by atoms with Crippen molar-refractivity contribution in [2.75, 3.05) is 13.2 Å². The predicted octanol–water partition coefficient (Wildman–Crippen LogP) is 4.38. The predicted molar refractivity (Wildman–Crippen MR) is 72.9 cm³/mol. The van der Waals surface area contributed by atoms with Crippen LogP contribution >= 0.6 is 0 Å². The van der Waals surface area contributed by atoms with Crippen molar-refractivity contribution >= 4 is 5.71 Å². The molecule has 0 aromatic carbocycles. The minimum atomic E-state index is 0.955. The molecule has 102 valence electrons. The molecular formula is C14H29NO2. The topological polar surface area (TPSA) is 41.8 Å². The summed E-state index contributed by atoms with van der Waals surface area (Å²) in [6.45, 7) is 6.28. The van der Waals surface area contributed by atoms with Crippen molar-refractivity contribution in [3.8, 4) is 0 Å². The summed E-state index contributed by atoms with van der Waals surface area (Å²) in [6.07, 6.45) is 10.6. The average Bonchev–Trinajstić information content (AvgIpc) is 2.40. The van der Waals surface area contributed by atoms with Crippen LogP contribution in [0.5, 0.6) is 0 Å². The van der Waals surface area contributed by atoms with E-state index in [9.17, 15) is 0 Å². The van der Waals surface area contributed by atoms with Crippen molar-refractivity contribution in [2.24, 2.45) is 5.16 Å². The molecule has 3 nitrogen and oxygen atoms in total. The molecular weight excluding hydrogens is 214 g/mol. The number of nitrogens with zero attached hydrogens (tertiary/aromatic N) is 1. The SMILES string of the molecule is CCCCOCCCC.ON=C1CCCCC1. The van der Waals surface area contributed by atoms with Gasteiger partial charge in [-0.1, -0.05) is 38.3 Å². The van der Waals surface area contributed by atoms with Crippen molar-refractivity contribution in [1.82, 2.24) is 0 Å². The second kappa shape index (κ2) is 13.5. The lowest BCUT2D eigenvalue weighted by atomic mass is 9.99. The number of ether oxygens (including phenoxy) is 1. The highest BCUT2D eigenvalue weighted by Crippen LogP contribution is 2.13. The van der Waals surface area contributed by atoms with Gasteiger partial charge in [0.05, 0.1) is 5.71 Å². The molecule has 1 saturated carbocycles. The summed E-state index contributed by atoms with van der Waals surface area (Å²) in [5.41, 5.74) is 0.983. The molecule has 0 aliphatic heterocycles. The molecule has 1 rings (SSSR count). The molecule has 0 radical (unpaired) electrons. The summed E-state index contributed by atoms with van der Waals surface area (Å²) in [6, 6.07) is 0. The Labute approximate surface area is 106 Å². The molecule has 0 bridgehead atoms. The lowest BCUT2D eigenvalue weighted by Gasteiger charge is -2.08. The van der Waals surface area contributed by atoms with E-state index in [4.69, 9.17) is 9.94 Å². The van der Waals surface area contributed by atoms with E-state index in [1.165, 1.54) is 44.9 Å². The van der Waals surface area contributed by atoms with E-state index < -0.39 is 0 Å². The van der Waals surface area contributed by atoms with Crippen LogP contribution in [-0.4, -0.2) is 24.1 Å². The van der Waals surface area contributed by atoms with Crippen LogP contribution in [0.25, 0.3) is 0 Å². The summed E-state index contributed by atoms with van der Waals surface area (Å²) in [7, 11) is 0. The van der Waals surface area contributed by atoms with Crippen LogP contribution in [0, 0.1) is 0 Å². The second-order valence-electron chi connectivity index (χ2n) is 4.55. The molecule has 0 atom stereocenters. The van der Waals surface area contributed by atoms with Gasteiger partial charge in [-0.25, -0.2) is 0 Å². The van der Waals surface area contributed by atoms with E-state index in [1.807, 2.05) is 0 Å². The Balaban J connectivity index is 0.000000302. The third kappa shape index (κ3) is 11.7. The van der Waals surface area contributed by atoms with E-state index >= 15 is 0 Å². The van der Waals surface area contributed by atoms with Gasteiger partial charge in [0.1, 0.15) is 0 Å². The Morgan fingerprint density at radius 1 is 1.00 bits per heavy atom. The smallest absolute Gasteiger partial charge is 0.0570 e. The van der Waals surface area contributed by atoms with E-state index in [-0.39, 0.29) is 0 Å². The first-order chi connectivity index (χ1) is 8.35. The third-order valence-corrected chi connectivity index (χ3v) is 2.86. The molecule has 0 spiro atoms. The van der Waals surface area contributed by atoms with Crippen molar-refractivity contribution in [2.45, 2.75) is 71.6 Å². The van der Waals surface area contributed by atoms with Gasteiger partial charge >= 0.3 is 0 Å². The van der Waals surface area contributed by atoms with E-state index in [0.717, 1.165) is 31.8 Å². The molecule has 1 fully saturated rings. The number of unbranched alkanes of at least 4 members (excludes halogenated alkanes) is 2. The van der Waals surface area contributed by atoms with Crippen LogP contribution in [0.1, 0.15) is 71.6 Å². The lowest BCUT2D eigenvalue weighted by molar-refractivity contribution is 0.128. The molecule has 17 heavy (non-hydrogen) atoms. The Kier molecular flexibility index (Phi) is 13.0. The fourth-order valence-electron chi connectivity index (χ4n) is 1.65. The number of hydrogen-bond acceptors (Lipinski definition) is 3. The highest BCUT2D eigenvalue weighted by Gasteiger charge is 2.05. The molecule has 0 saturated heterocycles. The molecule has 0 unspecified atom stereocenters. The zero-order valence-electron chi connectivity index (χ0n) is 11.6. The summed E-state index contributed by atoms with van der Waals surface area (Å²) in [5, 5.41) is 11.4. The van der Waals surface area contributed by atoms with Gasteiger partial charge in [-0.15, -0.1) is 0 Å². The van der Waals surface area contributed by atoms with E-state index in [0.29, 0.717) is 0 Å². The fraction of sp³-hybridized carbons (Fsp3) is 0.929. The molecule has 0 aromatic heterocycles. The Hall–Kier alpha value is -0.570. The fourth-order valence-corrected chi connectivity index (χ4v) is 1.65. The van der Waals surface area contributed by atoms with Crippen LogP contribution in [0.15, 0.2) is 5.16 Å². The first-order valence-electron chi connectivity index (χ1n) is 7.12. The van der Waals surface area contributed by atoms with Crippen LogP contribution in [0.4, 0.5) is 0 Å².